The number of aryl methyl sites for hydroxylation is 2. The van der Waals surface area contributed by atoms with Crippen molar-refractivity contribution in [2.24, 2.45) is 5.10 Å². The van der Waals surface area contributed by atoms with Gasteiger partial charge in [0.25, 0.3) is 11.5 Å². The van der Waals surface area contributed by atoms with E-state index in [0.717, 1.165) is 27.7 Å². The van der Waals surface area contributed by atoms with Gasteiger partial charge in [0.2, 0.25) is 0 Å². The van der Waals surface area contributed by atoms with E-state index in [2.05, 4.69) is 31.3 Å². The first-order valence-electron chi connectivity index (χ1n) is 11.3. The Bertz CT molecular complexity index is 1450. The van der Waals surface area contributed by atoms with Crippen molar-refractivity contribution in [3.63, 3.8) is 0 Å². The van der Waals surface area contributed by atoms with Crippen molar-refractivity contribution in [1.82, 2.24) is 9.66 Å². The Labute approximate surface area is 211 Å². The first kappa shape index (κ1) is 24.3. The van der Waals surface area contributed by atoms with Gasteiger partial charge in [-0.15, -0.1) is 0 Å². The standard InChI is InChI=1S/C27H25BrN4O3/c1-3-5-25-31-24-13-10-20(28)15-23(24)27(34)32(25)29-16-19-6-4-7-22(14-19)35-17-26(33)30-21-11-8-18(2)9-12-21/h4,6-16H,3,5,17H2,1-2H3,(H,30,33). The van der Waals surface area contributed by atoms with Crippen LogP contribution in [-0.4, -0.2) is 28.4 Å². The first-order chi connectivity index (χ1) is 16.9. The lowest BCUT2D eigenvalue weighted by molar-refractivity contribution is -0.118. The highest BCUT2D eigenvalue weighted by atomic mass is 79.9. The number of fused-ring (bicyclic) bond motifs is 1. The van der Waals surface area contributed by atoms with Crippen molar-refractivity contribution in [3.05, 3.63) is 98.5 Å². The third-order valence-electron chi connectivity index (χ3n) is 5.23. The summed E-state index contributed by atoms with van der Waals surface area (Å²) in [6.45, 7) is 3.89. The van der Waals surface area contributed by atoms with Gasteiger partial charge in [0.15, 0.2) is 6.61 Å². The highest BCUT2D eigenvalue weighted by Crippen LogP contribution is 2.17. The Hall–Kier alpha value is -3.78. The van der Waals surface area contributed by atoms with Crippen LogP contribution in [0.4, 0.5) is 5.69 Å². The van der Waals surface area contributed by atoms with Gasteiger partial charge in [0, 0.05) is 16.6 Å². The molecule has 0 aliphatic rings. The summed E-state index contributed by atoms with van der Waals surface area (Å²) in [5.74, 6) is 0.871. The summed E-state index contributed by atoms with van der Waals surface area (Å²) in [4.78, 5) is 30.0. The highest BCUT2D eigenvalue weighted by Gasteiger charge is 2.10. The number of carbonyl (C=O) groups is 1. The SMILES string of the molecule is CCCc1nc2ccc(Br)cc2c(=O)n1N=Cc1cccc(OCC(=O)Nc2ccc(C)cc2)c1. The fraction of sp³-hybridized carbons (Fsp3) is 0.185. The molecule has 4 rings (SSSR count). The van der Waals surface area contributed by atoms with Crippen LogP contribution in [0, 0.1) is 6.92 Å². The smallest absolute Gasteiger partial charge is 0.282 e. The topological polar surface area (TPSA) is 85.6 Å². The van der Waals surface area contributed by atoms with E-state index in [-0.39, 0.29) is 18.1 Å². The second-order valence-electron chi connectivity index (χ2n) is 8.08. The third-order valence-corrected chi connectivity index (χ3v) is 5.73. The van der Waals surface area contributed by atoms with E-state index in [1.54, 1.807) is 30.5 Å². The molecule has 7 nitrogen and oxygen atoms in total. The molecule has 0 saturated heterocycles. The molecule has 4 aromatic rings. The highest BCUT2D eigenvalue weighted by molar-refractivity contribution is 9.10. The molecular formula is C27H25BrN4O3. The molecule has 1 aromatic heterocycles. The van der Waals surface area contributed by atoms with Gasteiger partial charge < -0.3 is 10.1 Å². The number of amides is 1. The largest absolute Gasteiger partial charge is 0.484 e. The number of nitrogens with one attached hydrogen (secondary N) is 1. The number of aromatic nitrogens is 2. The van der Waals surface area contributed by atoms with E-state index in [1.807, 2.05) is 56.3 Å². The quantitative estimate of drug-likeness (QED) is 0.311. The first-order valence-corrected chi connectivity index (χ1v) is 12.1. The summed E-state index contributed by atoms with van der Waals surface area (Å²) in [6.07, 6.45) is 3.04. The predicted molar refractivity (Wildman–Crippen MR) is 142 cm³/mol. The lowest BCUT2D eigenvalue weighted by atomic mass is 10.2. The average Bonchev–Trinajstić information content (AvgIpc) is 2.85. The number of hydrogen-bond donors (Lipinski definition) is 1. The van der Waals surface area contributed by atoms with Crippen LogP contribution in [0.25, 0.3) is 10.9 Å². The Morgan fingerprint density at radius 1 is 1.14 bits per heavy atom. The molecule has 178 valence electrons. The molecule has 3 aromatic carbocycles. The van der Waals surface area contributed by atoms with Gasteiger partial charge in [-0.25, -0.2) is 4.98 Å². The fourth-order valence-electron chi connectivity index (χ4n) is 3.49. The number of halogens is 1. The minimum Gasteiger partial charge on any atom is -0.484 e. The molecule has 1 heterocycles. The molecule has 0 bridgehead atoms. The summed E-state index contributed by atoms with van der Waals surface area (Å²) in [7, 11) is 0. The second-order valence-corrected chi connectivity index (χ2v) is 8.99. The minimum atomic E-state index is -0.253. The van der Waals surface area contributed by atoms with E-state index < -0.39 is 0 Å². The molecule has 0 radical (unpaired) electrons. The Balaban J connectivity index is 1.50. The number of ether oxygens (including phenoxy) is 1. The van der Waals surface area contributed by atoms with Crippen LogP contribution in [0.5, 0.6) is 5.75 Å². The van der Waals surface area contributed by atoms with Gasteiger partial charge >= 0.3 is 0 Å². The molecule has 1 N–H and O–H groups in total. The van der Waals surface area contributed by atoms with Crippen LogP contribution in [0.15, 0.2) is 81.1 Å². The number of carbonyl (C=O) groups excluding carboxylic acids is 1. The maximum atomic E-state index is 13.1. The van der Waals surface area contributed by atoms with Gasteiger partial charge in [-0.2, -0.15) is 9.78 Å². The molecule has 8 heteroatoms. The maximum absolute atomic E-state index is 13.1. The molecule has 0 aliphatic carbocycles. The zero-order chi connectivity index (χ0) is 24.8. The number of nitrogens with zero attached hydrogens (tertiary/aromatic N) is 3. The van der Waals surface area contributed by atoms with Gasteiger partial charge in [0.1, 0.15) is 11.6 Å². The molecule has 0 spiro atoms. The molecule has 1 amide bonds. The van der Waals surface area contributed by atoms with E-state index >= 15 is 0 Å². The molecule has 35 heavy (non-hydrogen) atoms. The van der Waals surface area contributed by atoms with Crippen molar-refractivity contribution in [2.75, 3.05) is 11.9 Å². The second kappa shape index (κ2) is 11.1. The normalized spacial score (nSPS) is 11.2. The van der Waals surface area contributed by atoms with E-state index in [9.17, 15) is 9.59 Å². The number of rotatable bonds is 8. The van der Waals surface area contributed by atoms with Crippen LogP contribution in [0.1, 0.15) is 30.3 Å². The Kier molecular flexibility index (Phi) is 7.72. The maximum Gasteiger partial charge on any atom is 0.282 e. The van der Waals surface area contributed by atoms with Crippen molar-refractivity contribution in [3.8, 4) is 5.75 Å². The number of hydrogen-bond acceptors (Lipinski definition) is 5. The molecular weight excluding hydrogens is 508 g/mol. The van der Waals surface area contributed by atoms with Crippen molar-refractivity contribution in [1.29, 1.82) is 0 Å². The summed E-state index contributed by atoms with van der Waals surface area (Å²) in [5, 5.41) is 7.74. The van der Waals surface area contributed by atoms with Crippen LogP contribution < -0.4 is 15.6 Å². The molecule has 0 unspecified atom stereocenters. The zero-order valence-electron chi connectivity index (χ0n) is 19.5. The van der Waals surface area contributed by atoms with Gasteiger partial charge in [-0.05, 0) is 61.4 Å². The van der Waals surface area contributed by atoms with Crippen LogP contribution in [0.2, 0.25) is 0 Å². The fourth-order valence-corrected chi connectivity index (χ4v) is 3.85. The van der Waals surface area contributed by atoms with Crippen molar-refractivity contribution in [2.45, 2.75) is 26.7 Å². The van der Waals surface area contributed by atoms with Gasteiger partial charge in [-0.1, -0.05) is 52.7 Å². The summed E-state index contributed by atoms with van der Waals surface area (Å²) in [5.41, 5.74) is 2.98. The van der Waals surface area contributed by atoms with Crippen molar-refractivity contribution < 1.29 is 9.53 Å². The molecule has 0 fully saturated rings. The van der Waals surface area contributed by atoms with Crippen LogP contribution in [0.3, 0.4) is 0 Å². The van der Waals surface area contributed by atoms with E-state index in [4.69, 9.17) is 4.74 Å². The van der Waals surface area contributed by atoms with Gasteiger partial charge in [-0.3, -0.25) is 9.59 Å². The monoisotopic (exact) mass is 532 g/mol. The van der Waals surface area contributed by atoms with Crippen LogP contribution >= 0.6 is 15.9 Å². The minimum absolute atomic E-state index is 0.127. The number of anilines is 1. The molecule has 0 saturated carbocycles. The Morgan fingerprint density at radius 3 is 2.71 bits per heavy atom. The summed E-state index contributed by atoms with van der Waals surface area (Å²) >= 11 is 3.41. The predicted octanol–water partition coefficient (Wildman–Crippen LogP) is 5.32. The van der Waals surface area contributed by atoms with Gasteiger partial charge in [0.05, 0.1) is 17.1 Å². The number of benzene rings is 3. The summed E-state index contributed by atoms with van der Waals surface area (Å²) < 4.78 is 7.81. The van der Waals surface area contributed by atoms with E-state index in [0.29, 0.717) is 28.9 Å². The zero-order valence-corrected chi connectivity index (χ0v) is 21.1. The average molecular weight is 533 g/mol. The van der Waals surface area contributed by atoms with Crippen LogP contribution in [-0.2, 0) is 11.2 Å². The Morgan fingerprint density at radius 2 is 1.94 bits per heavy atom. The lowest BCUT2D eigenvalue weighted by Crippen LogP contribution is -2.22. The molecule has 0 aliphatic heterocycles. The van der Waals surface area contributed by atoms with E-state index in [1.165, 1.54) is 4.68 Å². The molecule has 0 atom stereocenters. The third kappa shape index (κ3) is 6.22. The van der Waals surface area contributed by atoms with Crippen molar-refractivity contribution >= 4 is 44.6 Å². The lowest BCUT2D eigenvalue weighted by Gasteiger charge is -2.09. The summed E-state index contributed by atoms with van der Waals surface area (Å²) in [6, 6.07) is 20.2.